The molecule has 20 heavy (non-hydrogen) atoms. The van der Waals surface area contributed by atoms with Crippen LogP contribution >= 0.6 is 0 Å². The van der Waals surface area contributed by atoms with Crippen LogP contribution in [0.1, 0.15) is 58.8 Å². The van der Waals surface area contributed by atoms with Gasteiger partial charge in [0.2, 0.25) is 5.91 Å². The van der Waals surface area contributed by atoms with E-state index in [4.69, 9.17) is 0 Å². The molecule has 0 saturated carbocycles. The van der Waals surface area contributed by atoms with E-state index in [0.29, 0.717) is 5.92 Å². The van der Waals surface area contributed by atoms with Gasteiger partial charge in [-0.25, -0.2) is 0 Å². The molecule has 0 radical (unpaired) electrons. The summed E-state index contributed by atoms with van der Waals surface area (Å²) in [5, 5.41) is 6.57. The van der Waals surface area contributed by atoms with Crippen LogP contribution in [0.2, 0.25) is 0 Å². The summed E-state index contributed by atoms with van der Waals surface area (Å²) >= 11 is 0. The van der Waals surface area contributed by atoms with Crippen molar-refractivity contribution in [1.29, 1.82) is 0 Å². The van der Waals surface area contributed by atoms with Gasteiger partial charge in [0.25, 0.3) is 0 Å². The molecule has 3 nitrogen and oxygen atoms in total. The molecule has 114 valence electrons. The third kappa shape index (κ3) is 4.08. The van der Waals surface area contributed by atoms with Crippen molar-refractivity contribution < 1.29 is 4.79 Å². The minimum Gasteiger partial charge on any atom is -0.355 e. The van der Waals surface area contributed by atoms with Gasteiger partial charge in [0.05, 0.1) is 0 Å². The predicted molar refractivity (Wildman–Crippen MR) is 83.6 cm³/mol. The van der Waals surface area contributed by atoms with Crippen molar-refractivity contribution in [2.45, 2.75) is 58.8 Å². The SMILES string of the molecule is CC(C)(C(=O)NCCC1=CCCCC1)C1CCCNC1. The van der Waals surface area contributed by atoms with Gasteiger partial charge in [-0.05, 0) is 64.0 Å². The Balaban J connectivity index is 1.76. The molecule has 1 amide bonds. The van der Waals surface area contributed by atoms with Crippen LogP contribution in [-0.2, 0) is 4.79 Å². The molecular formula is C17H30N2O. The highest BCUT2D eigenvalue weighted by Crippen LogP contribution is 2.32. The van der Waals surface area contributed by atoms with Crippen molar-refractivity contribution in [2.75, 3.05) is 19.6 Å². The van der Waals surface area contributed by atoms with Gasteiger partial charge >= 0.3 is 0 Å². The molecule has 1 heterocycles. The van der Waals surface area contributed by atoms with Gasteiger partial charge in [0.1, 0.15) is 0 Å². The molecule has 0 spiro atoms. The lowest BCUT2D eigenvalue weighted by Gasteiger charge is -2.36. The zero-order chi connectivity index (χ0) is 14.4. The lowest BCUT2D eigenvalue weighted by atomic mass is 9.74. The molecule has 1 atom stereocenters. The standard InChI is InChI=1S/C17H30N2O/c1-17(2,15-9-6-11-18-13-15)16(20)19-12-10-14-7-4-3-5-8-14/h7,15,18H,3-6,8-13H2,1-2H3,(H,19,20). The quantitative estimate of drug-likeness (QED) is 0.759. The fourth-order valence-corrected chi connectivity index (χ4v) is 3.35. The van der Waals surface area contributed by atoms with Crippen molar-refractivity contribution in [2.24, 2.45) is 11.3 Å². The maximum absolute atomic E-state index is 12.4. The average Bonchev–Trinajstić information content (AvgIpc) is 2.49. The number of piperidine rings is 1. The monoisotopic (exact) mass is 278 g/mol. The summed E-state index contributed by atoms with van der Waals surface area (Å²) in [4.78, 5) is 12.4. The minimum absolute atomic E-state index is 0.225. The summed E-state index contributed by atoms with van der Waals surface area (Å²) in [5.74, 6) is 0.688. The van der Waals surface area contributed by atoms with Crippen molar-refractivity contribution in [3.05, 3.63) is 11.6 Å². The Morgan fingerprint density at radius 2 is 2.25 bits per heavy atom. The lowest BCUT2D eigenvalue weighted by Crippen LogP contribution is -2.47. The second-order valence-electron chi connectivity index (χ2n) is 6.88. The number of hydrogen-bond donors (Lipinski definition) is 2. The summed E-state index contributed by atoms with van der Waals surface area (Å²) in [6.45, 7) is 7.07. The van der Waals surface area contributed by atoms with Crippen molar-refractivity contribution in [1.82, 2.24) is 10.6 Å². The van der Waals surface area contributed by atoms with Crippen LogP contribution in [-0.4, -0.2) is 25.5 Å². The third-order valence-electron chi connectivity index (χ3n) is 5.02. The van der Waals surface area contributed by atoms with E-state index in [9.17, 15) is 4.79 Å². The zero-order valence-corrected chi connectivity index (χ0v) is 13.1. The van der Waals surface area contributed by atoms with Gasteiger partial charge in [-0.15, -0.1) is 0 Å². The van der Waals surface area contributed by atoms with Crippen LogP contribution in [0.5, 0.6) is 0 Å². The van der Waals surface area contributed by atoms with Crippen LogP contribution in [0.25, 0.3) is 0 Å². The Morgan fingerprint density at radius 1 is 1.40 bits per heavy atom. The number of carbonyl (C=O) groups is 1. The average molecular weight is 278 g/mol. The first-order chi connectivity index (χ1) is 9.60. The maximum Gasteiger partial charge on any atom is 0.225 e. The highest BCUT2D eigenvalue weighted by Gasteiger charge is 2.36. The largest absolute Gasteiger partial charge is 0.355 e. The number of hydrogen-bond acceptors (Lipinski definition) is 2. The third-order valence-corrected chi connectivity index (χ3v) is 5.02. The summed E-state index contributed by atoms with van der Waals surface area (Å²) in [7, 11) is 0. The van der Waals surface area contributed by atoms with Crippen LogP contribution in [0.3, 0.4) is 0 Å². The van der Waals surface area contributed by atoms with Gasteiger partial charge < -0.3 is 10.6 Å². The molecule has 1 aliphatic heterocycles. The molecule has 2 rings (SSSR count). The molecule has 0 bridgehead atoms. The number of nitrogens with one attached hydrogen (secondary N) is 2. The molecule has 0 aromatic rings. The first-order valence-corrected chi connectivity index (χ1v) is 8.27. The van der Waals surface area contributed by atoms with Crippen LogP contribution in [0, 0.1) is 11.3 Å². The number of rotatable bonds is 5. The van der Waals surface area contributed by atoms with E-state index in [0.717, 1.165) is 26.1 Å². The molecule has 0 aromatic carbocycles. The second-order valence-corrected chi connectivity index (χ2v) is 6.88. The van der Waals surface area contributed by atoms with Crippen molar-refractivity contribution >= 4 is 5.91 Å². The van der Waals surface area contributed by atoms with E-state index in [2.05, 4.69) is 30.6 Å². The Bertz CT molecular complexity index is 354. The number of amides is 1. The van der Waals surface area contributed by atoms with Gasteiger partial charge in [-0.3, -0.25) is 4.79 Å². The van der Waals surface area contributed by atoms with Crippen molar-refractivity contribution in [3.63, 3.8) is 0 Å². The minimum atomic E-state index is -0.256. The fourth-order valence-electron chi connectivity index (χ4n) is 3.35. The summed E-state index contributed by atoms with van der Waals surface area (Å²) in [6, 6.07) is 0. The Labute approximate surface area is 123 Å². The fraction of sp³-hybridized carbons (Fsp3) is 0.824. The van der Waals surface area contributed by atoms with E-state index < -0.39 is 0 Å². The van der Waals surface area contributed by atoms with E-state index in [1.807, 2.05) is 0 Å². The molecule has 1 unspecified atom stereocenters. The molecule has 2 aliphatic rings. The maximum atomic E-state index is 12.4. The summed E-state index contributed by atoms with van der Waals surface area (Å²) < 4.78 is 0. The lowest BCUT2D eigenvalue weighted by molar-refractivity contribution is -0.132. The first-order valence-electron chi connectivity index (χ1n) is 8.27. The van der Waals surface area contributed by atoms with E-state index in [1.54, 1.807) is 0 Å². The highest BCUT2D eigenvalue weighted by molar-refractivity contribution is 5.82. The molecule has 2 N–H and O–H groups in total. The van der Waals surface area contributed by atoms with E-state index in [-0.39, 0.29) is 11.3 Å². The van der Waals surface area contributed by atoms with E-state index in [1.165, 1.54) is 44.1 Å². The Kier molecular flexibility index (Phi) is 5.64. The van der Waals surface area contributed by atoms with Gasteiger partial charge in [0.15, 0.2) is 0 Å². The van der Waals surface area contributed by atoms with Crippen molar-refractivity contribution in [3.8, 4) is 0 Å². The van der Waals surface area contributed by atoms with E-state index >= 15 is 0 Å². The second kappa shape index (κ2) is 7.26. The van der Waals surface area contributed by atoms with Crippen LogP contribution in [0.15, 0.2) is 11.6 Å². The molecular weight excluding hydrogens is 248 g/mol. The Morgan fingerprint density at radius 3 is 2.90 bits per heavy atom. The molecule has 1 saturated heterocycles. The smallest absolute Gasteiger partial charge is 0.225 e. The molecule has 0 aromatic heterocycles. The molecule has 1 fully saturated rings. The molecule has 1 aliphatic carbocycles. The summed E-state index contributed by atoms with van der Waals surface area (Å²) in [5.41, 5.74) is 1.28. The van der Waals surface area contributed by atoms with Gasteiger partial charge in [0, 0.05) is 12.0 Å². The van der Waals surface area contributed by atoms with Gasteiger partial charge in [-0.2, -0.15) is 0 Å². The van der Waals surface area contributed by atoms with Gasteiger partial charge in [-0.1, -0.05) is 25.5 Å². The highest BCUT2D eigenvalue weighted by atomic mass is 16.2. The number of carbonyl (C=O) groups excluding carboxylic acids is 1. The summed E-state index contributed by atoms with van der Waals surface area (Å²) in [6.07, 6.45) is 10.9. The topological polar surface area (TPSA) is 41.1 Å². The first kappa shape index (κ1) is 15.6. The zero-order valence-electron chi connectivity index (χ0n) is 13.1. The van der Waals surface area contributed by atoms with Crippen LogP contribution in [0.4, 0.5) is 0 Å². The molecule has 3 heteroatoms. The normalized spacial score (nSPS) is 24.1. The Hall–Kier alpha value is -0.830. The predicted octanol–water partition coefficient (Wildman–Crippen LogP) is 3.02. The number of allylic oxidation sites excluding steroid dienone is 1. The van der Waals surface area contributed by atoms with Crippen LogP contribution < -0.4 is 10.6 Å².